The minimum Gasteiger partial charge on any atom is -0.268 e. The first-order chi connectivity index (χ1) is 10.2. The van der Waals surface area contributed by atoms with Gasteiger partial charge < -0.3 is 0 Å². The molecule has 0 aliphatic carbocycles. The Labute approximate surface area is 137 Å². The molecule has 0 aliphatic rings. The molecule has 8 heteroatoms. The summed E-state index contributed by atoms with van der Waals surface area (Å²) in [5, 5.41) is 0. The molecule has 0 spiro atoms. The normalized spacial score (nSPS) is 8.09. The molecule has 22 heavy (non-hydrogen) atoms. The monoisotopic (exact) mass is 358 g/mol. The van der Waals surface area contributed by atoms with Gasteiger partial charge in [0.15, 0.2) is 0 Å². The summed E-state index contributed by atoms with van der Waals surface area (Å²) in [6.07, 6.45) is 1.74. The highest BCUT2D eigenvalue weighted by Crippen LogP contribution is 1.89. The fraction of sp³-hybridized carbons (Fsp3) is 0.286. The molecule has 0 bridgehead atoms. The molecule has 134 valence electrons. The SMILES string of the molecule is C=C.C=C.C=C.C=C.C=C.CS(=O)(=O)OCCOS(C)(=O)=O. The third-order valence-corrected chi connectivity index (χ3v) is 1.87. The molecule has 0 aromatic heterocycles. The minimum atomic E-state index is -3.52. The summed E-state index contributed by atoms with van der Waals surface area (Å²) in [6, 6.07) is 0. The third-order valence-electron chi connectivity index (χ3n) is 0.678. The van der Waals surface area contributed by atoms with Gasteiger partial charge in [0.05, 0.1) is 25.7 Å². The Kier molecular flexibility index (Phi) is 53.5. The Morgan fingerprint density at radius 1 is 0.545 bits per heavy atom. The highest BCUT2D eigenvalue weighted by Gasteiger charge is 2.04. The molecular weight excluding hydrogens is 328 g/mol. The van der Waals surface area contributed by atoms with Gasteiger partial charge in [-0.25, -0.2) is 0 Å². The van der Waals surface area contributed by atoms with E-state index in [4.69, 9.17) is 0 Å². The van der Waals surface area contributed by atoms with Crippen molar-refractivity contribution >= 4 is 20.2 Å². The Balaban J connectivity index is -0.0000000540. The van der Waals surface area contributed by atoms with Gasteiger partial charge in [0, 0.05) is 0 Å². The molecular formula is C14H30O6S2. The first-order valence-corrected chi connectivity index (χ1v) is 9.03. The molecule has 0 rings (SSSR count). The highest BCUT2D eigenvalue weighted by atomic mass is 32.2. The molecule has 0 N–H and O–H groups in total. The fourth-order valence-electron chi connectivity index (χ4n) is 0.371. The van der Waals surface area contributed by atoms with E-state index in [2.05, 4.69) is 74.2 Å². The number of rotatable bonds is 5. The van der Waals surface area contributed by atoms with E-state index >= 15 is 0 Å². The van der Waals surface area contributed by atoms with E-state index in [9.17, 15) is 16.8 Å². The average molecular weight is 359 g/mol. The predicted octanol–water partition coefficient (Wildman–Crippen LogP) is 2.95. The molecule has 0 saturated carbocycles. The maximum atomic E-state index is 10.3. The zero-order chi connectivity index (χ0) is 19.8. The van der Waals surface area contributed by atoms with E-state index in [1.165, 1.54) is 0 Å². The summed E-state index contributed by atoms with van der Waals surface area (Å²) in [5.41, 5.74) is 0. The summed E-state index contributed by atoms with van der Waals surface area (Å²) < 4.78 is 49.7. The lowest BCUT2D eigenvalue weighted by Crippen LogP contribution is -2.12. The van der Waals surface area contributed by atoms with Gasteiger partial charge in [-0.2, -0.15) is 16.8 Å². The summed E-state index contributed by atoms with van der Waals surface area (Å²) in [6.45, 7) is 29.4. The van der Waals surface area contributed by atoms with Crippen molar-refractivity contribution in [3.63, 3.8) is 0 Å². The lowest BCUT2D eigenvalue weighted by Gasteiger charge is -2.00. The second kappa shape index (κ2) is 31.8. The zero-order valence-electron chi connectivity index (χ0n) is 13.8. The molecule has 0 aromatic carbocycles. The summed E-state index contributed by atoms with van der Waals surface area (Å²) >= 11 is 0. The lowest BCUT2D eigenvalue weighted by molar-refractivity contribution is 0.227. The standard InChI is InChI=1S/C4H10O6S2.5C2H4/c1-11(5,6)9-3-4-10-12(2,7)8;5*1-2/h3-4H2,1-2H3;5*1-2H2. The lowest BCUT2D eigenvalue weighted by atomic mass is 10.8. The van der Waals surface area contributed by atoms with Gasteiger partial charge in [0.2, 0.25) is 0 Å². The van der Waals surface area contributed by atoms with Crippen LogP contribution in [0.25, 0.3) is 0 Å². The first kappa shape index (κ1) is 37.1. The molecule has 0 heterocycles. The molecule has 0 amide bonds. The Morgan fingerprint density at radius 3 is 0.773 bits per heavy atom. The van der Waals surface area contributed by atoms with Crippen LogP contribution < -0.4 is 0 Å². The predicted molar refractivity (Wildman–Crippen MR) is 97.9 cm³/mol. The van der Waals surface area contributed by atoms with Crippen molar-refractivity contribution in [1.82, 2.24) is 0 Å². The summed E-state index contributed by atoms with van der Waals surface area (Å²) in [5.74, 6) is 0. The van der Waals surface area contributed by atoms with Crippen molar-refractivity contribution in [2.24, 2.45) is 0 Å². The zero-order valence-corrected chi connectivity index (χ0v) is 15.4. The molecule has 0 radical (unpaired) electrons. The van der Waals surface area contributed by atoms with Gasteiger partial charge in [-0.1, -0.05) is 0 Å². The Bertz CT molecular complexity index is 342. The van der Waals surface area contributed by atoms with Gasteiger partial charge in [0.1, 0.15) is 0 Å². The molecule has 0 aliphatic heterocycles. The average Bonchev–Trinajstić information content (AvgIpc) is 2.52. The van der Waals surface area contributed by atoms with Gasteiger partial charge in [-0.15, -0.1) is 65.8 Å². The largest absolute Gasteiger partial charge is 0.268 e. The van der Waals surface area contributed by atoms with Gasteiger partial charge in [-0.05, 0) is 0 Å². The second-order valence-corrected chi connectivity index (χ2v) is 5.34. The van der Waals surface area contributed by atoms with Crippen LogP contribution in [0.1, 0.15) is 0 Å². The topological polar surface area (TPSA) is 86.7 Å². The van der Waals surface area contributed by atoms with E-state index in [0.29, 0.717) is 0 Å². The van der Waals surface area contributed by atoms with E-state index in [1.807, 2.05) is 0 Å². The van der Waals surface area contributed by atoms with Gasteiger partial charge in [-0.3, -0.25) is 8.37 Å². The molecule has 6 nitrogen and oxygen atoms in total. The van der Waals surface area contributed by atoms with Crippen LogP contribution in [0, 0.1) is 0 Å². The van der Waals surface area contributed by atoms with Gasteiger partial charge in [0.25, 0.3) is 20.2 Å². The van der Waals surface area contributed by atoms with E-state index < -0.39 is 20.2 Å². The van der Waals surface area contributed by atoms with Crippen LogP contribution >= 0.6 is 0 Å². The number of hydrogen-bond acceptors (Lipinski definition) is 6. The van der Waals surface area contributed by atoms with Crippen LogP contribution in [0.5, 0.6) is 0 Å². The first-order valence-electron chi connectivity index (χ1n) is 5.39. The Hall–Kier alpha value is -1.48. The summed E-state index contributed by atoms with van der Waals surface area (Å²) in [7, 11) is -7.03. The van der Waals surface area contributed by atoms with Crippen LogP contribution in [-0.4, -0.2) is 42.6 Å². The molecule has 0 aromatic rings. The van der Waals surface area contributed by atoms with Crippen molar-refractivity contribution in [3.8, 4) is 0 Å². The van der Waals surface area contributed by atoms with Crippen LogP contribution in [0.15, 0.2) is 65.8 Å². The van der Waals surface area contributed by atoms with Crippen molar-refractivity contribution in [1.29, 1.82) is 0 Å². The van der Waals surface area contributed by atoms with E-state index in [0.717, 1.165) is 12.5 Å². The quantitative estimate of drug-likeness (QED) is 0.426. The molecule has 0 atom stereocenters. The number of hydrogen-bond donors (Lipinski definition) is 0. The van der Waals surface area contributed by atoms with Crippen molar-refractivity contribution in [3.05, 3.63) is 65.8 Å². The molecule has 0 saturated heterocycles. The second-order valence-electron chi connectivity index (χ2n) is 2.05. The van der Waals surface area contributed by atoms with Gasteiger partial charge >= 0.3 is 0 Å². The summed E-state index contributed by atoms with van der Waals surface area (Å²) in [4.78, 5) is 0. The smallest absolute Gasteiger partial charge is 0.264 e. The molecule has 0 unspecified atom stereocenters. The van der Waals surface area contributed by atoms with Crippen LogP contribution in [0.2, 0.25) is 0 Å². The van der Waals surface area contributed by atoms with E-state index in [-0.39, 0.29) is 13.2 Å². The molecule has 0 fully saturated rings. The third kappa shape index (κ3) is 101. The maximum absolute atomic E-state index is 10.3. The van der Waals surface area contributed by atoms with E-state index in [1.54, 1.807) is 0 Å². The van der Waals surface area contributed by atoms with Crippen LogP contribution in [0.4, 0.5) is 0 Å². The van der Waals surface area contributed by atoms with Crippen molar-refractivity contribution in [2.45, 2.75) is 0 Å². The fourth-order valence-corrected chi connectivity index (χ4v) is 1.11. The Morgan fingerprint density at radius 2 is 0.682 bits per heavy atom. The van der Waals surface area contributed by atoms with Crippen molar-refractivity contribution in [2.75, 3.05) is 25.7 Å². The highest BCUT2D eigenvalue weighted by molar-refractivity contribution is 7.86. The van der Waals surface area contributed by atoms with Crippen LogP contribution in [-0.2, 0) is 28.6 Å². The maximum Gasteiger partial charge on any atom is 0.264 e. The minimum absolute atomic E-state index is 0.300. The van der Waals surface area contributed by atoms with Crippen molar-refractivity contribution < 1.29 is 25.2 Å². The van der Waals surface area contributed by atoms with Crippen LogP contribution in [0.3, 0.4) is 0 Å².